The van der Waals surface area contributed by atoms with E-state index in [0.29, 0.717) is 24.4 Å². The van der Waals surface area contributed by atoms with E-state index in [9.17, 15) is 13.2 Å². The van der Waals surface area contributed by atoms with Gasteiger partial charge in [-0.25, -0.2) is 13.1 Å². The zero-order valence-corrected chi connectivity index (χ0v) is 13.2. The number of hydrogen-bond acceptors (Lipinski definition) is 3. The zero-order chi connectivity index (χ0) is 15.2. The number of Topliss-reactive ketones (excluding diaryl/α,β-unsaturated/α-hetero) is 1. The first-order valence-corrected chi connectivity index (χ1v) is 8.55. The number of carbonyl (C=O) groups is 1. The molecular weight excluding hydrogens is 274 g/mol. The van der Waals surface area contributed by atoms with E-state index < -0.39 is 10.0 Å². The Morgan fingerprint density at radius 1 is 1.20 bits per heavy atom. The van der Waals surface area contributed by atoms with Gasteiger partial charge in [0.1, 0.15) is 0 Å². The second kappa shape index (κ2) is 7.55. The summed E-state index contributed by atoms with van der Waals surface area (Å²) in [4.78, 5) is 11.8. The van der Waals surface area contributed by atoms with Gasteiger partial charge in [0, 0.05) is 18.5 Å². The number of carbonyl (C=O) groups excluding carboxylic acids is 1. The van der Waals surface area contributed by atoms with Crippen LogP contribution in [-0.4, -0.2) is 20.7 Å². The molecule has 1 rings (SSSR count). The molecule has 1 aromatic carbocycles. The summed E-state index contributed by atoms with van der Waals surface area (Å²) in [6, 6.07) is 6.21. The Morgan fingerprint density at radius 2 is 1.85 bits per heavy atom. The largest absolute Gasteiger partial charge is 0.294 e. The third-order valence-corrected chi connectivity index (χ3v) is 4.93. The fourth-order valence-electron chi connectivity index (χ4n) is 1.93. The normalized spacial score (nSPS) is 11.8. The van der Waals surface area contributed by atoms with Crippen molar-refractivity contribution in [2.75, 3.05) is 6.54 Å². The van der Waals surface area contributed by atoms with Gasteiger partial charge in [-0.05, 0) is 18.1 Å². The van der Waals surface area contributed by atoms with Crippen molar-refractivity contribution in [1.82, 2.24) is 4.72 Å². The maximum absolute atomic E-state index is 12.2. The molecule has 0 radical (unpaired) electrons. The average molecular weight is 297 g/mol. The van der Waals surface area contributed by atoms with Crippen molar-refractivity contribution in [3.63, 3.8) is 0 Å². The van der Waals surface area contributed by atoms with Crippen LogP contribution in [0.2, 0.25) is 0 Å². The Hall–Kier alpha value is -1.20. The van der Waals surface area contributed by atoms with Crippen LogP contribution in [0.5, 0.6) is 0 Å². The predicted molar refractivity (Wildman–Crippen MR) is 80.3 cm³/mol. The van der Waals surface area contributed by atoms with E-state index in [-0.39, 0.29) is 10.7 Å². The number of nitrogens with one attached hydrogen (secondary N) is 1. The molecule has 0 spiro atoms. The van der Waals surface area contributed by atoms with Crippen LogP contribution in [0, 0.1) is 5.92 Å². The second-order valence-electron chi connectivity index (χ2n) is 4.84. The fraction of sp³-hybridized carbons (Fsp3) is 0.533. The summed E-state index contributed by atoms with van der Waals surface area (Å²) in [5.74, 6) is 0.285. The van der Waals surface area contributed by atoms with Gasteiger partial charge in [-0.3, -0.25) is 4.79 Å². The van der Waals surface area contributed by atoms with Crippen molar-refractivity contribution >= 4 is 15.8 Å². The summed E-state index contributed by atoms with van der Waals surface area (Å²) in [5.41, 5.74) is 0.443. The van der Waals surface area contributed by atoms with E-state index in [1.54, 1.807) is 19.1 Å². The van der Waals surface area contributed by atoms with Crippen LogP contribution >= 0.6 is 0 Å². The molecule has 0 atom stereocenters. The fourth-order valence-corrected chi connectivity index (χ4v) is 3.09. The van der Waals surface area contributed by atoms with Crippen LogP contribution in [0.25, 0.3) is 0 Å². The summed E-state index contributed by atoms with van der Waals surface area (Å²) in [6.45, 7) is 6.28. The first-order valence-electron chi connectivity index (χ1n) is 7.07. The number of rotatable bonds is 8. The SMILES string of the molecule is CCC(=O)c1cccc(S(=O)(=O)NCC(CC)CC)c1. The van der Waals surface area contributed by atoms with E-state index in [1.807, 2.05) is 13.8 Å². The Morgan fingerprint density at radius 3 is 2.40 bits per heavy atom. The van der Waals surface area contributed by atoms with Gasteiger partial charge in [0.15, 0.2) is 5.78 Å². The molecule has 0 unspecified atom stereocenters. The Bertz CT molecular complexity index is 548. The lowest BCUT2D eigenvalue weighted by molar-refractivity contribution is 0.0988. The third-order valence-electron chi connectivity index (χ3n) is 3.50. The van der Waals surface area contributed by atoms with Gasteiger partial charge in [0.05, 0.1) is 4.90 Å². The Kier molecular flexibility index (Phi) is 6.36. The quantitative estimate of drug-likeness (QED) is 0.750. The van der Waals surface area contributed by atoms with Crippen LogP contribution in [0.15, 0.2) is 29.2 Å². The lowest BCUT2D eigenvalue weighted by atomic mass is 10.0. The van der Waals surface area contributed by atoms with Gasteiger partial charge in [-0.1, -0.05) is 45.7 Å². The molecule has 20 heavy (non-hydrogen) atoms. The van der Waals surface area contributed by atoms with Crippen LogP contribution in [0.1, 0.15) is 50.4 Å². The third kappa shape index (κ3) is 4.42. The first kappa shape index (κ1) is 16.9. The molecule has 112 valence electrons. The molecule has 0 aliphatic heterocycles. The molecule has 0 amide bonds. The van der Waals surface area contributed by atoms with Crippen molar-refractivity contribution in [3.8, 4) is 0 Å². The molecule has 0 bridgehead atoms. The molecule has 0 aromatic heterocycles. The predicted octanol–water partition coefficient (Wildman–Crippen LogP) is 2.99. The highest BCUT2D eigenvalue weighted by Gasteiger charge is 2.17. The average Bonchev–Trinajstić information content (AvgIpc) is 2.47. The minimum Gasteiger partial charge on any atom is -0.294 e. The van der Waals surface area contributed by atoms with Gasteiger partial charge >= 0.3 is 0 Å². The molecule has 1 N–H and O–H groups in total. The van der Waals surface area contributed by atoms with Crippen molar-refractivity contribution in [3.05, 3.63) is 29.8 Å². The van der Waals surface area contributed by atoms with Crippen molar-refractivity contribution in [1.29, 1.82) is 0 Å². The molecule has 4 nitrogen and oxygen atoms in total. The molecule has 0 saturated heterocycles. The smallest absolute Gasteiger partial charge is 0.240 e. The molecule has 0 fully saturated rings. The van der Waals surface area contributed by atoms with E-state index in [4.69, 9.17) is 0 Å². The second-order valence-corrected chi connectivity index (χ2v) is 6.61. The molecule has 1 aromatic rings. The number of sulfonamides is 1. The molecule has 0 aliphatic rings. The van der Waals surface area contributed by atoms with Crippen LogP contribution in [-0.2, 0) is 10.0 Å². The van der Waals surface area contributed by atoms with Gasteiger partial charge in [0.2, 0.25) is 10.0 Å². The summed E-state index contributed by atoms with van der Waals surface area (Å²) in [6.07, 6.45) is 2.24. The highest BCUT2D eigenvalue weighted by Crippen LogP contribution is 2.14. The minimum absolute atomic E-state index is 0.0537. The summed E-state index contributed by atoms with van der Waals surface area (Å²) in [7, 11) is -3.54. The van der Waals surface area contributed by atoms with Gasteiger partial charge < -0.3 is 0 Å². The molecule has 0 aliphatic carbocycles. The minimum atomic E-state index is -3.54. The van der Waals surface area contributed by atoms with Crippen molar-refractivity contribution < 1.29 is 13.2 Å². The monoisotopic (exact) mass is 297 g/mol. The standard InChI is InChI=1S/C15H23NO3S/c1-4-12(5-2)11-16-20(18,19)14-9-7-8-13(10-14)15(17)6-3/h7-10,12,16H,4-6,11H2,1-3H3. The van der Waals surface area contributed by atoms with E-state index in [1.165, 1.54) is 12.1 Å². The summed E-state index contributed by atoms with van der Waals surface area (Å²) in [5, 5.41) is 0. The van der Waals surface area contributed by atoms with Gasteiger partial charge in [-0.2, -0.15) is 0 Å². The van der Waals surface area contributed by atoms with Gasteiger partial charge in [-0.15, -0.1) is 0 Å². The maximum Gasteiger partial charge on any atom is 0.240 e. The zero-order valence-electron chi connectivity index (χ0n) is 12.3. The Labute approximate surface area is 121 Å². The summed E-state index contributed by atoms with van der Waals surface area (Å²) >= 11 is 0. The molecule has 5 heteroatoms. The van der Waals surface area contributed by atoms with Crippen LogP contribution < -0.4 is 4.72 Å². The lowest BCUT2D eigenvalue weighted by Gasteiger charge is -2.14. The topological polar surface area (TPSA) is 63.2 Å². The van der Waals surface area contributed by atoms with Crippen LogP contribution in [0.4, 0.5) is 0 Å². The maximum atomic E-state index is 12.2. The van der Waals surface area contributed by atoms with Crippen LogP contribution in [0.3, 0.4) is 0 Å². The highest BCUT2D eigenvalue weighted by molar-refractivity contribution is 7.89. The number of benzene rings is 1. The van der Waals surface area contributed by atoms with E-state index in [2.05, 4.69) is 4.72 Å². The van der Waals surface area contributed by atoms with Gasteiger partial charge in [0.25, 0.3) is 0 Å². The van der Waals surface area contributed by atoms with Crippen molar-refractivity contribution in [2.45, 2.75) is 44.9 Å². The highest BCUT2D eigenvalue weighted by atomic mass is 32.2. The number of hydrogen-bond donors (Lipinski definition) is 1. The number of ketones is 1. The van der Waals surface area contributed by atoms with Crippen molar-refractivity contribution in [2.24, 2.45) is 5.92 Å². The molecule has 0 heterocycles. The summed E-state index contributed by atoms with van der Waals surface area (Å²) < 4.78 is 27.0. The first-order chi connectivity index (χ1) is 9.44. The lowest BCUT2D eigenvalue weighted by Crippen LogP contribution is -2.29. The van der Waals surface area contributed by atoms with E-state index >= 15 is 0 Å². The van der Waals surface area contributed by atoms with E-state index in [0.717, 1.165) is 12.8 Å². The molecular formula is C15H23NO3S. The Balaban J connectivity index is 2.90. The molecule has 0 saturated carbocycles.